The van der Waals surface area contributed by atoms with Crippen molar-refractivity contribution in [3.8, 4) is 0 Å². The maximum absolute atomic E-state index is 6.85. The predicted octanol–water partition coefficient (Wildman–Crippen LogP) is 2.72. The number of rotatable bonds is 41. The summed E-state index contributed by atoms with van der Waals surface area (Å²) in [6, 6.07) is 21.3. The Labute approximate surface area is 343 Å². The van der Waals surface area contributed by atoms with Crippen LogP contribution in [0.5, 0.6) is 0 Å². The molecule has 0 heterocycles. The van der Waals surface area contributed by atoms with Gasteiger partial charge in [0, 0.05) is 6.54 Å². The van der Waals surface area contributed by atoms with E-state index in [0.29, 0.717) is 172 Å². The topological polar surface area (TPSA) is 146 Å². The average molecular weight is 828 g/mol. The molecule has 0 radical (unpaired) electrons. The van der Waals surface area contributed by atoms with Gasteiger partial charge in [-0.2, -0.15) is 0 Å². The Morgan fingerprint density at radius 2 is 0.544 bits per heavy atom. The standard InChI is InChI=1S/C42H73NO13Si/c1-42(2,3)57(40-10-6-4-7-11-40,41-12-8-5-9-13-41)56-39-38-55-37-36-54-35-34-53-33-32-52-31-30-51-29-28-50-27-26-49-25-24-48-23-22-47-21-20-46-19-18-45-17-16-44-15-14-43/h4-13H,14-39,43H2,1-3H3. The van der Waals surface area contributed by atoms with E-state index in [1.54, 1.807) is 0 Å². The van der Waals surface area contributed by atoms with Gasteiger partial charge in [-0.3, -0.25) is 0 Å². The normalized spacial score (nSPS) is 12.1. The van der Waals surface area contributed by atoms with E-state index in [4.69, 9.17) is 67.0 Å². The van der Waals surface area contributed by atoms with E-state index >= 15 is 0 Å². The van der Waals surface area contributed by atoms with Crippen molar-refractivity contribution in [2.75, 3.05) is 172 Å². The predicted molar refractivity (Wildman–Crippen MR) is 222 cm³/mol. The summed E-state index contributed by atoms with van der Waals surface area (Å²) in [6.45, 7) is 20.2. The molecule has 0 saturated carbocycles. The molecular formula is C42H73NO13Si. The van der Waals surface area contributed by atoms with Crippen LogP contribution in [0.4, 0.5) is 0 Å². The fourth-order valence-corrected chi connectivity index (χ4v) is 10.2. The van der Waals surface area contributed by atoms with Crippen LogP contribution in [0.3, 0.4) is 0 Å². The van der Waals surface area contributed by atoms with E-state index in [1.165, 1.54) is 10.4 Å². The minimum Gasteiger partial charge on any atom is -0.405 e. The van der Waals surface area contributed by atoms with Crippen LogP contribution in [0.15, 0.2) is 60.7 Å². The fourth-order valence-electron chi connectivity index (χ4n) is 5.62. The Kier molecular flexibility index (Phi) is 32.4. The smallest absolute Gasteiger partial charge is 0.261 e. The third-order valence-corrected chi connectivity index (χ3v) is 13.4. The Bertz CT molecular complexity index is 1090. The summed E-state index contributed by atoms with van der Waals surface area (Å²) in [5.41, 5.74) is 5.34. The second-order valence-corrected chi connectivity index (χ2v) is 18.0. The van der Waals surface area contributed by atoms with Gasteiger partial charge in [-0.15, -0.1) is 0 Å². The first kappa shape index (κ1) is 51.2. The summed E-state index contributed by atoms with van der Waals surface area (Å²) in [7, 11) is -2.54. The molecule has 0 aliphatic heterocycles. The van der Waals surface area contributed by atoms with Gasteiger partial charge >= 0.3 is 0 Å². The van der Waals surface area contributed by atoms with Crippen LogP contribution in [0.25, 0.3) is 0 Å². The van der Waals surface area contributed by atoms with Crippen molar-refractivity contribution in [2.45, 2.75) is 25.8 Å². The molecule has 0 atom stereocenters. The number of ether oxygens (including phenoxy) is 12. The third kappa shape index (κ3) is 25.4. The molecule has 2 aromatic rings. The molecule has 0 fully saturated rings. The van der Waals surface area contributed by atoms with Gasteiger partial charge in [0.05, 0.1) is 165 Å². The van der Waals surface area contributed by atoms with Crippen LogP contribution in [-0.2, 0) is 61.3 Å². The van der Waals surface area contributed by atoms with E-state index in [2.05, 4.69) is 81.4 Å². The van der Waals surface area contributed by atoms with Crippen LogP contribution < -0.4 is 16.1 Å². The lowest BCUT2D eigenvalue weighted by atomic mass is 10.2. The Morgan fingerprint density at radius 3 is 0.754 bits per heavy atom. The highest BCUT2D eigenvalue weighted by Gasteiger charge is 2.50. The van der Waals surface area contributed by atoms with E-state index in [0.717, 1.165) is 0 Å². The zero-order chi connectivity index (χ0) is 40.8. The number of nitrogens with two attached hydrogens (primary N) is 1. The molecule has 2 N–H and O–H groups in total. The highest BCUT2D eigenvalue weighted by Crippen LogP contribution is 2.36. The molecular weight excluding hydrogens is 755 g/mol. The lowest BCUT2D eigenvalue weighted by Crippen LogP contribution is -2.66. The molecule has 2 rings (SSSR count). The van der Waals surface area contributed by atoms with Crippen LogP contribution >= 0.6 is 0 Å². The van der Waals surface area contributed by atoms with Crippen LogP contribution in [0, 0.1) is 0 Å². The number of hydrogen-bond donors (Lipinski definition) is 1. The highest BCUT2D eigenvalue weighted by atomic mass is 28.4. The van der Waals surface area contributed by atoms with Gasteiger partial charge in [-0.1, -0.05) is 81.4 Å². The Hall–Kier alpha value is -1.90. The molecule has 57 heavy (non-hydrogen) atoms. The van der Waals surface area contributed by atoms with Gasteiger partial charge in [0.1, 0.15) is 0 Å². The summed E-state index contributed by atoms with van der Waals surface area (Å²) in [5, 5.41) is 2.47. The first-order valence-electron chi connectivity index (χ1n) is 20.4. The zero-order valence-electron chi connectivity index (χ0n) is 35.0. The first-order chi connectivity index (χ1) is 28.0. The molecule has 328 valence electrons. The molecule has 2 aromatic carbocycles. The van der Waals surface area contributed by atoms with Gasteiger partial charge in [0.2, 0.25) is 0 Å². The minimum atomic E-state index is -2.54. The fraction of sp³-hybridized carbons (Fsp3) is 0.714. The first-order valence-corrected chi connectivity index (χ1v) is 22.3. The molecule has 0 aromatic heterocycles. The number of benzene rings is 2. The molecule has 0 saturated heterocycles. The van der Waals surface area contributed by atoms with Crippen molar-refractivity contribution < 1.29 is 61.3 Å². The summed E-state index contributed by atoms with van der Waals surface area (Å²) in [6.07, 6.45) is 0. The van der Waals surface area contributed by atoms with E-state index < -0.39 is 8.32 Å². The molecule has 0 unspecified atom stereocenters. The second-order valence-electron chi connectivity index (χ2n) is 13.6. The zero-order valence-corrected chi connectivity index (χ0v) is 36.0. The van der Waals surface area contributed by atoms with Crippen molar-refractivity contribution in [1.82, 2.24) is 0 Å². The van der Waals surface area contributed by atoms with Gasteiger partial charge in [-0.05, 0) is 15.4 Å². The Balaban J connectivity index is 1.27. The van der Waals surface area contributed by atoms with Gasteiger partial charge < -0.3 is 67.0 Å². The van der Waals surface area contributed by atoms with E-state index in [9.17, 15) is 0 Å². The number of hydrogen-bond acceptors (Lipinski definition) is 14. The highest BCUT2D eigenvalue weighted by molar-refractivity contribution is 6.99. The second kappa shape index (κ2) is 36.0. The van der Waals surface area contributed by atoms with Crippen molar-refractivity contribution in [1.29, 1.82) is 0 Å². The monoisotopic (exact) mass is 827 g/mol. The maximum atomic E-state index is 6.85. The lowest BCUT2D eigenvalue weighted by Gasteiger charge is -2.43. The van der Waals surface area contributed by atoms with Crippen LogP contribution in [0.1, 0.15) is 20.8 Å². The van der Waals surface area contributed by atoms with E-state index in [1.807, 2.05) is 0 Å². The quantitative estimate of drug-likeness (QED) is 0.0775. The SMILES string of the molecule is CC(C)(C)[Si](OCCOCCOCCOCCOCCOCCOCCOCCOCCOCCOCCOCCOCCN)(c1ccccc1)c1ccccc1. The van der Waals surface area contributed by atoms with Crippen LogP contribution in [0.2, 0.25) is 5.04 Å². The minimum absolute atomic E-state index is 0.0587. The van der Waals surface area contributed by atoms with Gasteiger partial charge in [0.25, 0.3) is 8.32 Å². The lowest BCUT2D eigenvalue weighted by molar-refractivity contribution is -0.0285. The summed E-state index contributed by atoms with van der Waals surface area (Å²) in [5.74, 6) is 0. The summed E-state index contributed by atoms with van der Waals surface area (Å²) in [4.78, 5) is 0. The Morgan fingerprint density at radius 1 is 0.333 bits per heavy atom. The van der Waals surface area contributed by atoms with Gasteiger partial charge in [-0.25, -0.2) is 0 Å². The molecule has 0 spiro atoms. The largest absolute Gasteiger partial charge is 0.405 e. The molecule has 0 aliphatic rings. The summed E-state index contributed by atoms with van der Waals surface area (Å²) >= 11 is 0. The molecule has 0 aliphatic carbocycles. The average Bonchev–Trinajstić information content (AvgIpc) is 3.22. The van der Waals surface area contributed by atoms with Crippen molar-refractivity contribution in [3.63, 3.8) is 0 Å². The van der Waals surface area contributed by atoms with Crippen LogP contribution in [-0.4, -0.2) is 180 Å². The van der Waals surface area contributed by atoms with Gasteiger partial charge in [0.15, 0.2) is 0 Å². The van der Waals surface area contributed by atoms with Crippen molar-refractivity contribution in [3.05, 3.63) is 60.7 Å². The molecule has 0 amide bonds. The third-order valence-electron chi connectivity index (χ3n) is 8.32. The molecule has 0 bridgehead atoms. The van der Waals surface area contributed by atoms with E-state index in [-0.39, 0.29) is 5.04 Å². The van der Waals surface area contributed by atoms with Crippen molar-refractivity contribution in [2.24, 2.45) is 5.73 Å². The maximum Gasteiger partial charge on any atom is 0.261 e. The molecule has 14 nitrogen and oxygen atoms in total. The summed E-state index contributed by atoms with van der Waals surface area (Å²) < 4.78 is 73.1. The molecule has 15 heteroatoms. The van der Waals surface area contributed by atoms with Crippen molar-refractivity contribution >= 4 is 18.7 Å².